The summed E-state index contributed by atoms with van der Waals surface area (Å²) in [6.07, 6.45) is 0.203. The van der Waals surface area contributed by atoms with Gasteiger partial charge in [-0.25, -0.2) is 0 Å². The first-order valence-electron chi connectivity index (χ1n) is 4.72. The molecule has 19 heavy (non-hydrogen) atoms. The Morgan fingerprint density at radius 2 is 2.00 bits per heavy atom. The molecule has 0 spiro atoms. The molecule has 1 unspecified atom stereocenters. The van der Waals surface area contributed by atoms with Crippen molar-refractivity contribution in [1.82, 2.24) is 0 Å². The van der Waals surface area contributed by atoms with Gasteiger partial charge in [0, 0.05) is 10.9 Å². The number of hydrogen-bond donors (Lipinski definition) is 0. The van der Waals surface area contributed by atoms with Crippen LogP contribution in [0, 0.1) is 0 Å². The first kappa shape index (κ1) is 22.2. The van der Waals surface area contributed by atoms with E-state index in [9.17, 15) is 18.7 Å². The van der Waals surface area contributed by atoms with Crippen LogP contribution in [0.15, 0.2) is 23.1 Å². The minimum absolute atomic E-state index is 0. The molecule has 0 aliphatic rings. The fraction of sp³-hybridized carbons (Fsp3) is 0.300. The van der Waals surface area contributed by atoms with Crippen LogP contribution in [0.5, 0.6) is 5.75 Å². The Kier molecular flexibility index (Phi) is 13.5. The van der Waals surface area contributed by atoms with Crippen molar-refractivity contribution < 1.29 is 82.5 Å². The van der Waals surface area contributed by atoms with E-state index < -0.39 is 17.0 Å². The summed E-state index contributed by atoms with van der Waals surface area (Å²) in [5.74, 6) is -0.823. The van der Waals surface area contributed by atoms with E-state index in [1.54, 1.807) is 0 Å². The molecule has 1 aromatic rings. The summed E-state index contributed by atoms with van der Waals surface area (Å²) < 4.78 is 26.5. The van der Waals surface area contributed by atoms with E-state index in [2.05, 4.69) is 0 Å². The van der Waals surface area contributed by atoms with Gasteiger partial charge in [-0.05, 0) is 42.1 Å². The molecule has 9 heteroatoms. The number of carboxylic acid groups (broad SMARTS) is 1. The van der Waals surface area contributed by atoms with Crippen LogP contribution in [0.2, 0.25) is 5.02 Å². The monoisotopic (exact) mass is 322 g/mol. The SMILES string of the molecule is O=C([O-])CCCOc1ccc(S(=O)[O-])cc1Cl.[Na+].[Na+]. The van der Waals surface area contributed by atoms with E-state index in [4.69, 9.17) is 16.3 Å². The average Bonchev–Trinajstić information content (AvgIpc) is 2.25. The van der Waals surface area contributed by atoms with Gasteiger partial charge in [0.1, 0.15) is 5.75 Å². The van der Waals surface area contributed by atoms with Gasteiger partial charge in [0.2, 0.25) is 0 Å². The van der Waals surface area contributed by atoms with Crippen LogP contribution in [-0.4, -0.2) is 21.3 Å². The Bertz CT molecular complexity index is 444. The van der Waals surface area contributed by atoms with E-state index in [1.807, 2.05) is 0 Å². The topological polar surface area (TPSA) is 89.5 Å². The molecule has 0 aliphatic carbocycles. The van der Waals surface area contributed by atoms with Gasteiger partial charge in [0.15, 0.2) is 0 Å². The second-order valence-corrected chi connectivity index (χ2v) is 4.50. The van der Waals surface area contributed by atoms with Gasteiger partial charge in [-0.3, -0.25) is 4.21 Å². The Morgan fingerprint density at radius 3 is 2.47 bits per heavy atom. The number of carbonyl (C=O) groups excluding carboxylic acids is 1. The van der Waals surface area contributed by atoms with Crippen molar-refractivity contribution in [3.8, 4) is 5.75 Å². The van der Waals surface area contributed by atoms with Gasteiger partial charge in [-0.15, -0.1) is 0 Å². The Labute approximate surface area is 162 Å². The third-order valence-corrected chi connectivity index (χ3v) is 2.81. The van der Waals surface area contributed by atoms with Crippen LogP contribution >= 0.6 is 11.6 Å². The maximum Gasteiger partial charge on any atom is 1.00 e. The van der Waals surface area contributed by atoms with Crippen molar-refractivity contribution in [2.75, 3.05) is 6.61 Å². The molecule has 1 aromatic carbocycles. The molecule has 0 N–H and O–H groups in total. The molecular weight excluding hydrogens is 314 g/mol. The normalized spacial score (nSPS) is 10.8. The third-order valence-electron chi connectivity index (χ3n) is 1.88. The van der Waals surface area contributed by atoms with E-state index in [1.165, 1.54) is 18.2 Å². The molecule has 0 amide bonds. The van der Waals surface area contributed by atoms with Crippen LogP contribution in [-0.2, 0) is 15.9 Å². The van der Waals surface area contributed by atoms with Crippen molar-refractivity contribution in [1.29, 1.82) is 0 Å². The number of aliphatic carboxylic acids is 1. The molecule has 0 fully saturated rings. The maximum absolute atomic E-state index is 10.6. The minimum Gasteiger partial charge on any atom is -0.768 e. The third kappa shape index (κ3) is 8.70. The van der Waals surface area contributed by atoms with Crippen molar-refractivity contribution >= 4 is 28.7 Å². The fourth-order valence-corrected chi connectivity index (χ4v) is 1.79. The van der Waals surface area contributed by atoms with Crippen molar-refractivity contribution in [3.05, 3.63) is 23.2 Å². The quantitative estimate of drug-likeness (QED) is 0.296. The molecular formula is C10H9ClNa2O5S. The van der Waals surface area contributed by atoms with Crippen LogP contribution in [0.3, 0.4) is 0 Å². The molecule has 0 aromatic heterocycles. The maximum atomic E-state index is 10.6. The summed E-state index contributed by atoms with van der Waals surface area (Å²) in [6.45, 7) is 0.174. The summed E-state index contributed by atoms with van der Waals surface area (Å²) in [5, 5.41) is 10.3. The van der Waals surface area contributed by atoms with Crippen molar-refractivity contribution in [2.45, 2.75) is 17.7 Å². The number of ether oxygens (including phenoxy) is 1. The predicted octanol–water partition coefficient (Wildman–Crippen LogP) is -5.51. The minimum atomic E-state index is -2.34. The zero-order valence-electron chi connectivity index (χ0n) is 10.7. The van der Waals surface area contributed by atoms with Gasteiger partial charge < -0.3 is 19.2 Å². The summed E-state index contributed by atoms with van der Waals surface area (Å²) in [6, 6.07) is 4.04. The summed E-state index contributed by atoms with van der Waals surface area (Å²) in [7, 11) is 0. The largest absolute Gasteiger partial charge is 1.00 e. The van der Waals surface area contributed by atoms with Gasteiger partial charge >= 0.3 is 59.1 Å². The Hall–Kier alpha value is 0.890. The molecule has 94 valence electrons. The fourth-order valence-electron chi connectivity index (χ4n) is 1.10. The number of rotatable bonds is 6. The van der Waals surface area contributed by atoms with Gasteiger partial charge in [0.05, 0.1) is 11.6 Å². The molecule has 0 radical (unpaired) electrons. The molecule has 0 heterocycles. The first-order chi connectivity index (χ1) is 8.00. The van der Waals surface area contributed by atoms with Crippen LogP contribution in [0.1, 0.15) is 12.8 Å². The van der Waals surface area contributed by atoms with Gasteiger partial charge in [-0.2, -0.15) is 0 Å². The molecule has 0 aliphatic heterocycles. The Morgan fingerprint density at radius 1 is 1.37 bits per heavy atom. The van der Waals surface area contributed by atoms with Crippen LogP contribution in [0.25, 0.3) is 0 Å². The van der Waals surface area contributed by atoms with Gasteiger partial charge in [0.25, 0.3) is 0 Å². The molecule has 0 saturated heterocycles. The number of hydrogen-bond acceptors (Lipinski definition) is 5. The van der Waals surface area contributed by atoms with Crippen molar-refractivity contribution in [2.24, 2.45) is 0 Å². The van der Waals surface area contributed by atoms with Gasteiger partial charge in [-0.1, -0.05) is 11.6 Å². The number of carboxylic acids is 1. The molecule has 1 atom stereocenters. The molecule has 1 rings (SSSR count). The predicted molar refractivity (Wildman–Crippen MR) is 58.4 cm³/mol. The average molecular weight is 323 g/mol. The zero-order valence-corrected chi connectivity index (χ0v) is 16.3. The second kappa shape index (κ2) is 11.5. The summed E-state index contributed by atoms with van der Waals surface area (Å²) in [5.41, 5.74) is 0. The zero-order chi connectivity index (χ0) is 12.8. The standard InChI is InChI=1S/C10H11ClO5S.2Na/c11-8-6-7(17(14)15)3-4-9(8)16-5-1-2-10(12)13;;/h3-4,6H,1-2,5H2,(H,12,13)(H,14,15);;/q;2*+1/p-2. The van der Waals surface area contributed by atoms with E-state index in [0.717, 1.165) is 0 Å². The number of halogens is 1. The molecule has 5 nitrogen and oxygen atoms in total. The Balaban J connectivity index is 0. The summed E-state index contributed by atoms with van der Waals surface area (Å²) >= 11 is 3.45. The van der Waals surface area contributed by atoms with Crippen LogP contribution < -0.4 is 69.0 Å². The second-order valence-electron chi connectivity index (χ2n) is 3.15. The number of carbonyl (C=O) groups is 1. The van der Waals surface area contributed by atoms with E-state index in [-0.39, 0.29) is 82.1 Å². The molecule has 0 saturated carbocycles. The van der Waals surface area contributed by atoms with Crippen LogP contribution in [0.4, 0.5) is 0 Å². The molecule has 0 bridgehead atoms. The van der Waals surface area contributed by atoms with E-state index in [0.29, 0.717) is 12.2 Å². The first-order valence-corrected chi connectivity index (χ1v) is 6.17. The van der Waals surface area contributed by atoms with Crippen molar-refractivity contribution in [3.63, 3.8) is 0 Å². The number of benzene rings is 1. The summed E-state index contributed by atoms with van der Waals surface area (Å²) in [4.78, 5) is 10.2. The smallest absolute Gasteiger partial charge is 0.768 e. The van der Waals surface area contributed by atoms with E-state index >= 15 is 0 Å².